The van der Waals surface area contributed by atoms with Gasteiger partial charge in [0.25, 0.3) is 5.91 Å². The van der Waals surface area contributed by atoms with Crippen LogP contribution in [0.3, 0.4) is 0 Å². The van der Waals surface area contributed by atoms with Crippen LogP contribution in [0, 0.1) is 0 Å². The highest BCUT2D eigenvalue weighted by molar-refractivity contribution is 6.30. The van der Waals surface area contributed by atoms with E-state index < -0.39 is 6.04 Å². The van der Waals surface area contributed by atoms with Gasteiger partial charge in [-0.15, -0.1) is 0 Å². The number of rotatable bonds is 5. The normalized spacial score (nSPS) is 17.3. The third-order valence-corrected chi connectivity index (χ3v) is 4.68. The fourth-order valence-electron chi connectivity index (χ4n) is 3.09. The maximum absolute atomic E-state index is 12.6. The van der Waals surface area contributed by atoms with E-state index in [0.29, 0.717) is 24.5 Å². The molecule has 1 saturated heterocycles. The van der Waals surface area contributed by atoms with Crippen molar-refractivity contribution in [2.75, 3.05) is 13.1 Å². The van der Waals surface area contributed by atoms with Gasteiger partial charge in [0, 0.05) is 18.1 Å². The number of halogens is 1. The molecule has 1 aromatic carbocycles. The van der Waals surface area contributed by atoms with Gasteiger partial charge in [-0.3, -0.25) is 9.59 Å². The highest BCUT2D eigenvalue weighted by atomic mass is 35.5. The molecular weight excluding hydrogens is 340 g/mol. The third kappa shape index (κ3) is 4.42. The van der Waals surface area contributed by atoms with E-state index in [0.717, 1.165) is 24.8 Å². The molecule has 1 atom stereocenters. The molecule has 25 heavy (non-hydrogen) atoms. The summed E-state index contributed by atoms with van der Waals surface area (Å²) in [6.07, 6.45) is 4.72. The van der Waals surface area contributed by atoms with Crippen molar-refractivity contribution >= 4 is 23.4 Å². The van der Waals surface area contributed by atoms with Crippen molar-refractivity contribution in [3.8, 4) is 0 Å². The van der Waals surface area contributed by atoms with E-state index in [2.05, 4.69) is 5.32 Å². The first-order valence-corrected chi connectivity index (χ1v) is 8.89. The summed E-state index contributed by atoms with van der Waals surface area (Å²) in [6.45, 7) is 1.11. The Labute approximate surface area is 151 Å². The van der Waals surface area contributed by atoms with Gasteiger partial charge in [-0.05, 0) is 55.5 Å². The molecule has 2 amide bonds. The van der Waals surface area contributed by atoms with E-state index in [1.807, 2.05) is 24.3 Å². The minimum Gasteiger partial charge on any atom is -0.459 e. The first-order valence-electron chi connectivity index (χ1n) is 8.52. The molecule has 132 valence electrons. The molecule has 3 rings (SSSR count). The molecule has 1 aromatic heterocycles. The number of nitrogens with one attached hydrogen (secondary N) is 1. The fraction of sp³-hybridized carbons (Fsp3) is 0.368. The smallest absolute Gasteiger partial charge is 0.290 e. The second kappa shape index (κ2) is 8.21. The average molecular weight is 361 g/mol. The molecule has 0 spiro atoms. The second-order valence-corrected chi connectivity index (χ2v) is 6.59. The van der Waals surface area contributed by atoms with Crippen molar-refractivity contribution < 1.29 is 14.0 Å². The molecule has 0 radical (unpaired) electrons. The Morgan fingerprint density at radius 1 is 1.20 bits per heavy atom. The van der Waals surface area contributed by atoms with Crippen molar-refractivity contribution in [2.45, 2.75) is 31.7 Å². The van der Waals surface area contributed by atoms with E-state index in [1.165, 1.54) is 6.26 Å². The topological polar surface area (TPSA) is 62.6 Å². The molecule has 1 aliphatic rings. The molecular formula is C19H21ClN2O3. The molecule has 2 heterocycles. The van der Waals surface area contributed by atoms with Gasteiger partial charge in [-0.1, -0.05) is 23.7 Å². The lowest BCUT2D eigenvalue weighted by Crippen LogP contribution is -2.52. The van der Waals surface area contributed by atoms with Crippen LogP contribution in [0.4, 0.5) is 0 Å². The first kappa shape index (κ1) is 17.5. The number of carbonyl (C=O) groups is 2. The van der Waals surface area contributed by atoms with Crippen LogP contribution in [-0.2, 0) is 11.2 Å². The van der Waals surface area contributed by atoms with Crippen molar-refractivity contribution in [2.24, 2.45) is 0 Å². The van der Waals surface area contributed by atoms with Gasteiger partial charge in [0.1, 0.15) is 6.04 Å². The lowest BCUT2D eigenvalue weighted by Gasteiger charge is -2.34. The average Bonchev–Trinajstić information content (AvgIpc) is 3.17. The Bertz CT molecular complexity index is 713. The van der Waals surface area contributed by atoms with E-state index in [9.17, 15) is 9.59 Å². The van der Waals surface area contributed by atoms with E-state index in [4.69, 9.17) is 16.0 Å². The molecule has 2 aromatic rings. The van der Waals surface area contributed by atoms with Crippen LogP contribution in [0.2, 0.25) is 5.02 Å². The monoisotopic (exact) mass is 360 g/mol. The SMILES string of the molecule is O=C(NCCc1ccc(Cl)cc1)C1CCCCN1C(=O)c1ccco1. The van der Waals surface area contributed by atoms with Gasteiger partial charge in [0.05, 0.1) is 6.26 Å². The first-order chi connectivity index (χ1) is 12.1. The van der Waals surface area contributed by atoms with Gasteiger partial charge in [0.15, 0.2) is 5.76 Å². The van der Waals surface area contributed by atoms with Gasteiger partial charge < -0.3 is 14.6 Å². The highest BCUT2D eigenvalue weighted by Crippen LogP contribution is 2.20. The number of amides is 2. The predicted octanol–water partition coefficient (Wildman–Crippen LogP) is 3.29. The fourth-order valence-corrected chi connectivity index (χ4v) is 3.21. The molecule has 0 aliphatic carbocycles. The van der Waals surface area contributed by atoms with Crippen LogP contribution in [0.15, 0.2) is 47.1 Å². The zero-order chi connectivity index (χ0) is 17.6. The summed E-state index contributed by atoms with van der Waals surface area (Å²) in [7, 11) is 0. The number of likely N-dealkylation sites (tertiary alicyclic amines) is 1. The van der Waals surface area contributed by atoms with Crippen LogP contribution in [0.1, 0.15) is 35.4 Å². The number of furan rings is 1. The molecule has 1 N–H and O–H groups in total. The summed E-state index contributed by atoms with van der Waals surface area (Å²) in [5.41, 5.74) is 1.11. The Morgan fingerprint density at radius 3 is 2.72 bits per heavy atom. The van der Waals surface area contributed by atoms with Gasteiger partial charge in [0.2, 0.25) is 5.91 Å². The van der Waals surface area contributed by atoms with Crippen molar-refractivity contribution in [1.82, 2.24) is 10.2 Å². The quantitative estimate of drug-likeness (QED) is 0.890. The van der Waals surface area contributed by atoms with E-state index >= 15 is 0 Å². The van der Waals surface area contributed by atoms with E-state index in [-0.39, 0.29) is 17.6 Å². The lowest BCUT2D eigenvalue weighted by atomic mass is 10.0. The molecule has 1 unspecified atom stereocenters. The highest BCUT2D eigenvalue weighted by Gasteiger charge is 2.33. The zero-order valence-corrected chi connectivity index (χ0v) is 14.7. The number of carbonyl (C=O) groups excluding carboxylic acids is 2. The number of hydrogen-bond donors (Lipinski definition) is 1. The second-order valence-electron chi connectivity index (χ2n) is 6.15. The Hall–Kier alpha value is -2.27. The van der Waals surface area contributed by atoms with Gasteiger partial charge >= 0.3 is 0 Å². The van der Waals surface area contributed by atoms with E-state index in [1.54, 1.807) is 17.0 Å². The number of nitrogens with zero attached hydrogens (tertiary/aromatic N) is 1. The van der Waals surface area contributed by atoms with Crippen molar-refractivity contribution in [1.29, 1.82) is 0 Å². The van der Waals surface area contributed by atoms with Gasteiger partial charge in [-0.25, -0.2) is 0 Å². The van der Waals surface area contributed by atoms with Crippen LogP contribution in [0.25, 0.3) is 0 Å². The van der Waals surface area contributed by atoms with Crippen molar-refractivity contribution in [3.63, 3.8) is 0 Å². The molecule has 0 bridgehead atoms. The predicted molar refractivity (Wildman–Crippen MR) is 95.5 cm³/mol. The molecule has 6 heteroatoms. The molecule has 0 saturated carbocycles. The largest absolute Gasteiger partial charge is 0.459 e. The molecule has 1 fully saturated rings. The Balaban J connectivity index is 1.57. The number of hydrogen-bond acceptors (Lipinski definition) is 3. The Morgan fingerprint density at radius 2 is 2.00 bits per heavy atom. The number of piperidine rings is 1. The van der Waals surface area contributed by atoms with Crippen LogP contribution < -0.4 is 5.32 Å². The lowest BCUT2D eigenvalue weighted by molar-refractivity contribution is -0.126. The standard InChI is InChI=1S/C19H21ClN2O3/c20-15-8-6-14(7-9-15)10-11-21-18(23)16-4-1-2-12-22(16)19(24)17-5-3-13-25-17/h3,5-9,13,16H,1-2,4,10-12H2,(H,21,23). The van der Waals surface area contributed by atoms with Crippen LogP contribution >= 0.6 is 11.6 Å². The minimum atomic E-state index is -0.434. The Kier molecular flexibility index (Phi) is 5.76. The third-order valence-electron chi connectivity index (χ3n) is 4.42. The summed E-state index contributed by atoms with van der Waals surface area (Å²) >= 11 is 5.87. The summed E-state index contributed by atoms with van der Waals surface area (Å²) in [6, 6.07) is 10.4. The summed E-state index contributed by atoms with van der Waals surface area (Å²) in [5, 5.41) is 3.65. The van der Waals surface area contributed by atoms with Crippen molar-refractivity contribution in [3.05, 3.63) is 59.0 Å². The number of benzene rings is 1. The maximum Gasteiger partial charge on any atom is 0.290 e. The van der Waals surface area contributed by atoms with Gasteiger partial charge in [-0.2, -0.15) is 0 Å². The summed E-state index contributed by atoms with van der Waals surface area (Å²) in [5.74, 6) is -0.0445. The molecule has 1 aliphatic heterocycles. The minimum absolute atomic E-state index is 0.103. The summed E-state index contributed by atoms with van der Waals surface area (Å²) in [4.78, 5) is 26.7. The maximum atomic E-state index is 12.6. The summed E-state index contributed by atoms with van der Waals surface area (Å²) < 4.78 is 5.19. The van der Waals surface area contributed by atoms with Crippen LogP contribution in [0.5, 0.6) is 0 Å². The molecule has 5 nitrogen and oxygen atoms in total. The van der Waals surface area contributed by atoms with Crippen LogP contribution in [-0.4, -0.2) is 35.8 Å². The zero-order valence-electron chi connectivity index (χ0n) is 13.9.